The van der Waals surface area contributed by atoms with E-state index in [9.17, 15) is 0 Å². The third-order valence-electron chi connectivity index (χ3n) is 2.14. The fourth-order valence-electron chi connectivity index (χ4n) is 1.31. The summed E-state index contributed by atoms with van der Waals surface area (Å²) >= 11 is 0. The van der Waals surface area contributed by atoms with Crippen LogP contribution < -0.4 is 5.32 Å². The zero-order valence-electron chi connectivity index (χ0n) is 9.05. The molecule has 0 saturated heterocycles. The van der Waals surface area contributed by atoms with Crippen LogP contribution >= 0.6 is 0 Å². The predicted octanol–water partition coefficient (Wildman–Crippen LogP) is 1.01. The van der Waals surface area contributed by atoms with E-state index >= 15 is 0 Å². The van der Waals surface area contributed by atoms with E-state index < -0.39 is 0 Å². The highest BCUT2D eigenvalue weighted by Crippen LogP contribution is 1.93. The van der Waals surface area contributed by atoms with Gasteiger partial charge in [0.2, 0.25) is 0 Å². The van der Waals surface area contributed by atoms with Crippen molar-refractivity contribution < 1.29 is 0 Å². The molecule has 0 bridgehead atoms. The van der Waals surface area contributed by atoms with Crippen LogP contribution in [-0.4, -0.2) is 51.4 Å². The smallest absolute Gasteiger partial charge is 0.0394 e. The molecule has 0 rings (SSSR count). The fraction of sp³-hybridized carbons (Fsp3) is 0.900. The summed E-state index contributed by atoms with van der Waals surface area (Å²) in [6.07, 6.45) is 2.36. The molecule has 0 aromatic rings. The Morgan fingerprint density at radius 2 is 2.00 bits per heavy atom. The highest BCUT2D eigenvalue weighted by Gasteiger charge is 1.99. The molecular weight excluding hydrogens is 162 g/mol. The van der Waals surface area contributed by atoms with Crippen molar-refractivity contribution in [2.45, 2.75) is 19.8 Å². The Morgan fingerprint density at radius 1 is 1.31 bits per heavy atom. The highest BCUT2D eigenvalue weighted by atomic mass is 15.1. The third-order valence-corrected chi connectivity index (χ3v) is 2.14. The average Bonchev–Trinajstić information content (AvgIpc) is 2.16. The Hall–Kier alpha value is -0.410. The maximum absolute atomic E-state index is 3.85. The minimum Gasteiger partial charge on any atom is -0.320 e. The zero-order valence-corrected chi connectivity index (χ0v) is 9.05. The summed E-state index contributed by atoms with van der Waals surface area (Å²) in [7, 11) is 2.00. The Morgan fingerprint density at radius 3 is 2.54 bits per heavy atom. The summed E-state index contributed by atoms with van der Waals surface area (Å²) in [6, 6.07) is 0. The molecule has 3 heteroatoms. The van der Waals surface area contributed by atoms with E-state index in [0.29, 0.717) is 0 Å². The van der Waals surface area contributed by atoms with Crippen molar-refractivity contribution in [3.05, 3.63) is 0 Å². The normalized spacial score (nSPS) is 10.7. The first-order valence-corrected chi connectivity index (χ1v) is 5.14. The summed E-state index contributed by atoms with van der Waals surface area (Å²) in [5, 5.41) is 3.16. The monoisotopic (exact) mass is 185 g/mol. The molecule has 0 fully saturated rings. The van der Waals surface area contributed by atoms with E-state index in [-0.39, 0.29) is 0 Å². The number of aliphatic imine (C=N–C) groups is 1. The number of hydrogen-bond acceptors (Lipinski definition) is 3. The standard InChI is InChI=1S/C10H23N3/c1-4-13(9-5-7-11-2)10-6-8-12-3/h12H,2,4-10H2,1,3H3. The van der Waals surface area contributed by atoms with Gasteiger partial charge in [0.1, 0.15) is 0 Å². The third kappa shape index (κ3) is 7.94. The van der Waals surface area contributed by atoms with E-state index in [0.717, 1.165) is 32.6 Å². The van der Waals surface area contributed by atoms with Gasteiger partial charge in [0.05, 0.1) is 0 Å². The van der Waals surface area contributed by atoms with E-state index in [1.54, 1.807) is 0 Å². The molecule has 0 radical (unpaired) electrons. The number of hydrogen-bond donors (Lipinski definition) is 1. The maximum atomic E-state index is 3.85. The largest absolute Gasteiger partial charge is 0.320 e. The molecule has 0 aliphatic rings. The van der Waals surface area contributed by atoms with Crippen molar-refractivity contribution in [3.63, 3.8) is 0 Å². The Balaban J connectivity index is 3.33. The molecule has 3 nitrogen and oxygen atoms in total. The van der Waals surface area contributed by atoms with Crippen LogP contribution in [0.5, 0.6) is 0 Å². The lowest BCUT2D eigenvalue weighted by atomic mass is 10.3. The first kappa shape index (κ1) is 12.6. The molecule has 1 N–H and O–H groups in total. The number of nitrogens with zero attached hydrogens (tertiary/aromatic N) is 2. The van der Waals surface area contributed by atoms with Crippen molar-refractivity contribution in [2.75, 3.05) is 39.8 Å². The highest BCUT2D eigenvalue weighted by molar-refractivity contribution is 5.22. The van der Waals surface area contributed by atoms with E-state index in [4.69, 9.17) is 0 Å². The zero-order chi connectivity index (χ0) is 9.94. The molecule has 0 atom stereocenters. The molecule has 0 heterocycles. The van der Waals surface area contributed by atoms with Gasteiger partial charge in [-0.2, -0.15) is 0 Å². The molecule has 78 valence electrons. The van der Waals surface area contributed by atoms with Gasteiger partial charge in [0, 0.05) is 6.54 Å². The molecule has 0 unspecified atom stereocenters. The topological polar surface area (TPSA) is 27.6 Å². The molecular formula is C10H23N3. The molecule has 0 aliphatic heterocycles. The average molecular weight is 185 g/mol. The van der Waals surface area contributed by atoms with Gasteiger partial charge in [-0.05, 0) is 52.8 Å². The first-order chi connectivity index (χ1) is 6.35. The van der Waals surface area contributed by atoms with E-state index in [1.165, 1.54) is 13.0 Å². The minimum absolute atomic E-state index is 0.891. The molecule has 0 saturated carbocycles. The van der Waals surface area contributed by atoms with Crippen LogP contribution in [0.3, 0.4) is 0 Å². The summed E-state index contributed by atoms with van der Waals surface area (Å²) in [5.74, 6) is 0. The quantitative estimate of drug-likeness (QED) is 0.429. The van der Waals surface area contributed by atoms with Crippen LogP contribution in [0, 0.1) is 0 Å². The summed E-state index contributed by atoms with van der Waals surface area (Å²) in [4.78, 5) is 6.31. The van der Waals surface area contributed by atoms with Crippen molar-refractivity contribution in [2.24, 2.45) is 4.99 Å². The van der Waals surface area contributed by atoms with E-state index in [2.05, 4.69) is 28.9 Å². The molecule has 0 aromatic heterocycles. The van der Waals surface area contributed by atoms with Crippen molar-refractivity contribution >= 4 is 6.72 Å². The van der Waals surface area contributed by atoms with Gasteiger partial charge in [-0.15, -0.1) is 0 Å². The molecule has 0 aromatic carbocycles. The molecule has 13 heavy (non-hydrogen) atoms. The second kappa shape index (κ2) is 9.68. The van der Waals surface area contributed by atoms with Gasteiger partial charge in [0.15, 0.2) is 0 Å². The van der Waals surface area contributed by atoms with Crippen LogP contribution in [0.2, 0.25) is 0 Å². The number of rotatable bonds is 9. The van der Waals surface area contributed by atoms with Gasteiger partial charge >= 0.3 is 0 Å². The maximum Gasteiger partial charge on any atom is 0.0394 e. The van der Waals surface area contributed by atoms with Crippen molar-refractivity contribution in [3.8, 4) is 0 Å². The summed E-state index contributed by atoms with van der Waals surface area (Å²) in [5.41, 5.74) is 0. The van der Waals surface area contributed by atoms with Crippen LogP contribution in [-0.2, 0) is 0 Å². The lowest BCUT2D eigenvalue weighted by molar-refractivity contribution is 0.282. The Labute approximate surface area is 82.2 Å². The van der Waals surface area contributed by atoms with Crippen molar-refractivity contribution in [1.82, 2.24) is 10.2 Å². The minimum atomic E-state index is 0.891. The van der Waals surface area contributed by atoms with Gasteiger partial charge in [-0.3, -0.25) is 0 Å². The number of nitrogens with one attached hydrogen (secondary N) is 1. The van der Waals surface area contributed by atoms with Crippen LogP contribution in [0.1, 0.15) is 19.8 Å². The van der Waals surface area contributed by atoms with Gasteiger partial charge < -0.3 is 15.2 Å². The predicted molar refractivity (Wildman–Crippen MR) is 59.7 cm³/mol. The van der Waals surface area contributed by atoms with E-state index in [1.807, 2.05) is 7.05 Å². The second-order valence-corrected chi connectivity index (χ2v) is 3.19. The van der Waals surface area contributed by atoms with Crippen LogP contribution in [0.25, 0.3) is 0 Å². The van der Waals surface area contributed by atoms with Gasteiger partial charge in [-0.1, -0.05) is 6.92 Å². The fourth-order valence-corrected chi connectivity index (χ4v) is 1.31. The van der Waals surface area contributed by atoms with Crippen LogP contribution in [0.15, 0.2) is 4.99 Å². The Kier molecular flexibility index (Phi) is 9.37. The SMILES string of the molecule is C=NCCCN(CC)CCCNC. The summed E-state index contributed by atoms with van der Waals surface area (Å²) < 4.78 is 0. The first-order valence-electron chi connectivity index (χ1n) is 5.14. The molecule has 0 spiro atoms. The lowest BCUT2D eigenvalue weighted by Gasteiger charge is -2.19. The summed E-state index contributed by atoms with van der Waals surface area (Å²) in [6.45, 7) is 11.2. The van der Waals surface area contributed by atoms with Crippen molar-refractivity contribution in [1.29, 1.82) is 0 Å². The lowest BCUT2D eigenvalue weighted by Crippen LogP contribution is -2.28. The second-order valence-electron chi connectivity index (χ2n) is 3.19. The molecule has 0 aliphatic carbocycles. The molecule has 0 amide bonds. The van der Waals surface area contributed by atoms with Crippen LogP contribution in [0.4, 0.5) is 0 Å². The van der Waals surface area contributed by atoms with Gasteiger partial charge in [-0.25, -0.2) is 0 Å². The Bertz CT molecular complexity index is 115. The van der Waals surface area contributed by atoms with Gasteiger partial charge in [0.25, 0.3) is 0 Å².